The lowest BCUT2D eigenvalue weighted by molar-refractivity contribution is 0.493. The Balaban J connectivity index is 3.19. The van der Waals surface area contributed by atoms with Crippen LogP contribution < -0.4 is 5.73 Å². The molecule has 0 bridgehead atoms. The van der Waals surface area contributed by atoms with Crippen molar-refractivity contribution in [2.24, 2.45) is 5.73 Å². The highest BCUT2D eigenvalue weighted by molar-refractivity contribution is 5.24. The molecule has 1 aromatic rings. The highest BCUT2D eigenvalue weighted by Gasteiger charge is 2.18. The van der Waals surface area contributed by atoms with Crippen LogP contribution in [-0.2, 0) is 5.54 Å². The summed E-state index contributed by atoms with van der Waals surface area (Å²) in [4.78, 5) is 0. The van der Waals surface area contributed by atoms with Gasteiger partial charge in [-0.25, -0.2) is 8.78 Å². The number of nitrogens with two attached hydrogens (primary N) is 1. The summed E-state index contributed by atoms with van der Waals surface area (Å²) in [5.41, 5.74) is 5.20. The number of halogens is 2. The first-order chi connectivity index (χ1) is 5.41. The van der Waals surface area contributed by atoms with Gasteiger partial charge in [-0.3, -0.25) is 0 Å². The van der Waals surface area contributed by atoms with Gasteiger partial charge < -0.3 is 5.73 Å². The minimum atomic E-state index is -0.766. The fraction of sp³-hybridized carbons (Fsp3) is 0.333. The summed E-state index contributed by atoms with van der Waals surface area (Å²) in [6.45, 7) is 3.34. The lowest BCUT2D eigenvalue weighted by atomic mass is 9.95. The maximum absolute atomic E-state index is 13.0. The Labute approximate surface area is 70.2 Å². The molecule has 0 saturated heterocycles. The van der Waals surface area contributed by atoms with Crippen LogP contribution in [0.3, 0.4) is 0 Å². The molecule has 0 aliphatic carbocycles. The summed E-state index contributed by atoms with van der Waals surface area (Å²) in [7, 11) is 0. The molecular formula is C9H11F2N. The first kappa shape index (κ1) is 9.13. The molecule has 0 aliphatic rings. The summed E-state index contributed by atoms with van der Waals surface area (Å²) in [5.74, 6) is -1.18. The van der Waals surface area contributed by atoms with Crippen molar-refractivity contribution in [3.05, 3.63) is 35.4 Å². The van der Waals surface area contributed by atoms with Crippen molar-refractivity contribution in [3.8, 4) is 0 Å². The van der Waals surface area contributed by atoms with Crippen LogP contribution in [0.25, 0.3) is 0 Å². The van der Waals surface area contributed by atoms with Crippen LogP contribution in [-0.4, -0.2) is 0 Å². The van der Waals surface area contributed by atoms with Gasteiger partial charge in [0, 0.05) is 17.2 Å². The standard InChI is InChI=1S/C9H11F2N/c1-9(2,12)7-4-3-6(10)5-8(7)11/h3-5H,12H2,1-2H3. The molecule has 2 N–H and O–H groups in total. The van der Waals surface area contributed by atoms with Gasteiger partial charge >= 0.3 is 0 Å². The van der Waals surface area contributed by atoms with Crippen LogP contribution in [0.2, 0.25) is 0 Å². The molecule has 12 heavy (non-hydrogen) atoms. The average molecular weight is 171 g/mol. The van der Waals surface area contributed by atoms with Crippen LogP contribution in [0.4, 0.5) is 8.78 Å². The van der Waals surface area contributed by atoms with Crippen LogP contribution >= 0.6 is 0 Å². The van der Waals surface area contributed by atoms with Gasteiger partial charge in [-0.1, -0.05) is 6.07 Å². The summed E-state index contributed by atoms with van der Waals surface area (Å²) in [5, 5.41) is 0. The molecule has 0 aromatic heterocycles. The molecule has 0 aliphatic heterocycles. The van der Waals surface area contributed by atoms with E-state index in [0.717, 1.165) is 6.07 Å². The molecule has 3 heteroatoms. The van der Waals surface area contributed by atoms with E-state index in [-0.39, 0.29) is 0 Å². The van der Waals surface area contributed by atoms with Gasteiger partial charge in [-0.15, -0.1) is 0 Å². The first-order valence-electron chi connectivity index (χ1n) is 3.65. The second-order valence-corrected chi connectivity index (χ2v) is 3.35. The van der Waals surface area contributed by atoms with Gasteiger partial charge in [-0.2, -0.15) is 0 Å². The van der Waals surface area contributed by atoms with Gasteiger partial charge in [0.25, 0.3) is 0 Å². The average Bonchev–Trinajstić information content (AvgIpc) is 1.83. The van der Waals surface area contributed by atoms with E-state index in [4.69, 9.17) is 5.73 Å². The van der Waals surface area contributed by atoms with Crippen LogP contribution in [0.15, 0.2) is 18.2 Å². The van der Waals surface area contributed by atoms with E-state index >= 15 is 0 Å². The Kier molecular flexibility index (Phi) is 2.15. The van der Waals surface area contributed by atoms with Crippen molar-refractivity contribution >= 4 is 0 Å². The predicted octanol–water partition coefficient (Wildman–Crippen LogP) is 2.16. The van der Waals surface area contributed by atoms with Gasteiger partial charge in [0.2, 0.25) is 0 Å². The zero-order valence-electron chi connectivity index (χ0n) is 7.07. The molecule has 0 radical (unpaired) electrons. The summed E-state index contributed by atoms with van der Waals surface area (Å²) < 4.78 is 25.5. The Morgan fingerprint density at radius 1 is 1.25 bits per heavy atom. The SMILES string of the molecule is CC(C)(N)c1ccc(F)cc1F. The highest BCUT2D eigenvalue weighted by atomic mass is 19.1. The summed E-state index contributed by atoms with van der Waals surface area (Å²) in [6, 6.07) is 3.40. The molecule has 0 heterocycles. The topological polar surface area (TPSA) is 26.0 Å². The van der Waals surface area contributed by atoms with E-state index in [2.05, 4.69) is 0 Å². The summed E-state index contributed by atoms with van der Waals surface area (Å²) in [6.07, 6.45) is 0. The highest BCUT2D eigenvalue weighted by Crippen LogP contribution is 2.20. The van der Waals surface area contributed by atoms with E-state index in [1.165, 1.54) is 12.1 Å². The van der Waals surface area contributed by atoms with Crippen molar-refractivity contribution in [2.45, 2.75) is 19.4 Å². The molecule has 0 saturated carbocycles. The molecule has 0 unspecified atom stereocenters. The Hall–Kier alpha value is -0.960. The van der Waals surface area contributed by atoms with Crippen LogP contribution in [0, 0.1) is 11.6 Å². The zero-order chi connectivity index (χ0) is 9.35. The Morgan fingerprint density at radius 3 is 2.25 bits per heavy atom. The van der Waals surface area contributed by atoms with Crippen molar-refractivity contribution in [1.29, 1.82) is 0 Å². The quantitative estimate of drug-likeness (QED) is 0.688. The first-order valence-corrected chi connectivity index (χ1v) is 3.65. The normalized spacial score (nSPS) is 11.8. The molecule has 0 atom stereocenters. The maximum Gasteiger partial charge on any atom is 0.131 e. The molecule has 0 fully saturated rings. The lowest BCUT2D eigenvalue weighted by Crippen LogP contribution is -2.29. The second kappa shape index (κ2) is 2.83. The minimum Gasteiger partial charge on any atom is -0.322 e. The van der Waals surface area contributed by atoms with E-state index in [0.29, 0.717) is 5.56 Å². The molecule has 1 aromatic carbocycles. The second-order valence-electron chi connectivity index (χ2n) is 3.35. The number of benzene rings is 1. The van der Waals surface area contributed by atoms with Crippen molar-refractivity contribution < 1.29 is 8.78 Å². The molecule has 1 nitrogen and oxygen atoms in total. The van der Waals surface area contributed by atoms with Crippen molar-refractivity contribution in [3.63, 3.8) is 0 Å². The number of hydrogen-bond donors (Lipinski definition) is 1. The zero-order valence-corrected chi connectivity index (χ0v) is 7.07. The molecule has 1 rings (SSSR count). The van der Waals surface area contributed by atoms with Crippen LogP contribution in [0.5, 0.6) is 0 Å². The fourth-order valence-electron chi connectivity index (χ4n) is 1.01. The van der Waals surface area contributed by atoms with Crippen molar-refractivity contribution in [2.75, 3.05) is 0 Å². The predicted molar refractivity (Wildman–Crippen MR) is 43.6 cm³/mol. The van der Waals surface area contributed by atoms with E-state index in [9.17, 15) is 8.78 Å². The smallest absolute Gasteiger partial charge is 0.131 e. The fourth-order valence-corrected chi connectivity index (χ4v) is 1.01. The van der Waals surface area contributed by atoms with Crippen LogP contribution in [0.1, 0.15) is 19.4 Å². The van der Waals surface area contributed by atoms with E-state index < -0.39 is 17.2 Å². The van der Waals surface area contributed by atoms with Gasteiger partial charge in [-0.05, 0) is 19.9 Å². The van der Waals surface area contributed by atoms with Gasteiger partial charge in [0.1, 0.15) is 11.6 Å². The van der Waals surface area contributed by atoms with Gasteiger partial charge in [0.05, 0.1) is 0 Å². The molecule has 66 valence electrons. The van der Waals surface area contributed by atoms with Gasteiger partial charge in [0.15, 0.2) is 0 Å². The number of rotatable bonds is 1. The lowest BCUT2D eigenvalue weighted by Gasteiger charge is -2.19. The van der Waals surface area contributed by atoms with E-state index in [1.807, 2.05) is 0 Å². The van der Waals surface area contributed by atoms with E-state index in [1.54, 1.807) is 13.8 Å². The Bertz CT molecular complexity index is 289. The van der Waals surface area contributed by atoms with Crippen molar-refractivity contribution in [1.82, 2.24) is 0 Å². The Morgan fingerprint density at radius 2 is 1.83 bits per heavy atom. The number of hydrogen-bond acceptors (Lipinski definition) is 1. The summed E-state index contributed by atoms with van der Waals surface area (Å²) >= 11 is 0. The third kappa shape index (κ3) is 1.80. The largest absolute Gasteiger partial charge is 0.322 e. The molecular weight excluding hydrogens is 160 g/mol. The monoisotopic (exact) mass is 171 g/mol. The molecule has 0 amide bonds. The minimum absolute atomic E-state index is 0.323. The third-order valence-corrected chi connectivity index (χ3v) is 1.63. The third-order valence-electron chi connectivity index (χ3n) is 1.63. The maximum atomic E-state index is 13.0. The molecule has 0 spiro atoms.